The first-order valence-electron chi connectivity index (χ1n) is 8.09. The summed E-state index contributed by atoms with van der Waals surface area (Å²) in [5, 5.41) is 7.19. The average molecular weight is 364 g/mol. The van der Waals surface area contributed by atoms with E-state index in [9.17, 15) is 9.59 Å². The highest BCUT2D eigenvalue weighted by atomic mass is 35.5. The van der Waals surface area contributed by atoms with Crippen molar-refractivity contribution in [3.05, 3.63) is 46.7 Å². The molecule has 1 atom stereocenters. The van der Waals surface area contributed by atoms with Gasteiger partial charge in [0.05, 0.1) is 5.69 Å². The van der Waals surface area contributed by atoms with Crippen LogP contribution in [0.4, 0.5) is 5.69 Å². The first-order valence-corrected chi connectivity index (χ1v) is 8.47. The molecule has 0 radical (unpaired) electrons. The molecule has 0 aliphatic carbocycles. The van der Waals surface area contributed by atoms with E-state index < -0.39 is 18.0 Å². The smallest absolute Gasteiger partial charge is 0.343 e. The Labute approximate surface area is 152 Å². The summed E-state index contributed by atoms with van der Waals surface area (Å²) in [5.74, 6) is -0.743. The van der Waals surface area contributed by atoms with Gasteiger partial charge in [0.25, 0.3) is 5.91 Å². The van der Waals surface area contributed by atoms with E-state index in [2.05, 4.69) is 10.4 Å². The van der Waals surface area contributed by atoms with E-state index in [-0.39, 0.29) is 10.7 Å². The van der Waals surface area contributed by atoms with Gasteiger partial charge in [-0.15, -0.1) is 0 Å². The number of ether oxygens (including phenoxy) is 1. The Kier molecular flexibility index (Phi) is 6.20. The number of amides is 1. The highest BCUT2D eigenvalue weighted by Gasteiger charge is 2.25. The quantitative estimate of drug-likeness (QED) is 0.794. The third kappa shape index (κ3) is 4.82. The van der Waals surface area contributed by atoms with Crippen LogP contribution in [0.2, 0.25) is 5.15 Å². The Balaban J connectivity index is 2.06. The van der Waals surface area contributed by atoms with E-state index in [0.29, 0.717) is 23.8 Å². The van der Waals surface area contributed by atoms with Crippen LogP contribution < -0.4 is 5.32 Å². The lowest BCUT2D eigenvalue weighted by atomic mass is 10.2. The number of aromatic nitrogens is 2. The number of carbonyl (C=O) groups is 2. The number of esters is 1. The minimum atomic E-state index is -0.961. The van der Waals surface area contributed by atoms with Gasteiger partial charge in [-0.1, -0.05) is 43.6 Å². The van der Waals surface area contributed by atoms with Crippen molar-refractivity contribution in [2.45, 2.75) is 40.3 Å². The minimum Gasteiger partial charge on any atom is -0.449 e. The lowest BCUT2D eigenvalue weighted by Gasteiger charge is -2.13. The lowest BCUT2D eigenvalue weighted by Crippen LogP contribution is -2.30. The Hall–Kier alpha value is -2.34. The first kappa shape index (κ1) is 19.0. The van der Waals surface area contributed by atoms with Crippen LogP contribution in [0, 0.1) is 12.8 Å². The topological polar surface area (TPSA) is 73.2 Å². The van der Waals surface area contributed by atoms with Gasteiger partial charge in [0, 0.05) is 12.2 Å². The van der Waals surface area contributed by atoms with Crippen molar-refractivity contribution in [1.29, 1.82) is 0 Å². The molecule has 0 aliphatic rings. The van der Waals surface area contributed by atoms with Gasteiger partial charge in [-0.25, -0.2) is 4.79 Å². The molecule has 134 valence electrons. The van der Waals surface area contributed by atoms with E-state index in [0.717, 1.165) is 0 Å². The molecule has 2 rings (SSSR count). The average Bonchev–Trinajstić information content (AvgIpc) is 2.81. The molecule has 0 unspecified atom stereocenters. The Morgan fingerprint density at radius 3 is 2.48 bits per heavy atom. The highest BCUT2D eigenvalue weighted by Crippen LogP contribution is 2.22. The summed E-state index contributed by atoms with van der Waals surface area (Å²) in [7, 11) is 0. The van der Waals surface area contributed by atoms with E-state index in [1.54, 1.807) is 35.9 Å². The molecule has 0 bridgehead atoms. The normalized spacial score (nSPS) is 12.1. The van der Waals surface area contributed by atoms with Gasteiger partial charge >= 0.3 is 5.97 Å². The number of hydrogen-bond acceptors (Lipinski definition) is 4. The van der Waals surface area contributed by atoms with Crippen molar-refractivity contribution in [1.82, 2.24) is 9.78 Å². The molecule has 6 nitrogen and oxygen atoms in total. The number of benzene rings is 1. The van der Waals surface area contributed by atoms with Gasteiger partial charge in [-0.2, -0.15) is 5.10 Å². The first-order chi connectivity index (χ1) is 11.8. The molecule has 0 saturated carbocycles. The zero-order valence-corrected chi connectivity index (χ0v) is 15.5. The number of nitrogens with one attached hydrogen (secondary N) is 1. The molecular weight excluding hydrogens is 342 g/mol. The maximum Gasteiger partial charge on any atom is 0.343 e. The number of para-hydroxylation sites is 1. The fourth-order valence-electron chi connectivity index (χ4n) is 2.29. The van der Waals surface area contributed by atoms with Crippen molar-refractivity contribution in [2.75, 3.05) is 5.32 Å². The van der Waals surface area contributed by atoms with Crippen molar-refractivity contribution in [3.8, 4) is 0 Å². The second-order valence-electron chi connectivity index (χ2n) is 6.23. The number of rotatable bonds is 6. The number of halogens is 1. The molecule has 1 heterocycles. The number of nitrogens with zero attached hydrogens (tertiary/aromatic N) is 2. The van der Waals surface area contributed by atoms with E-state index in [1.807, 2.05) is 19.9 Å². The van der Waals surface area contributed by atoms with Gasteiger partial charge in [0.1, 0.15) is 10.7 Å². The largest absolute Gasteiger partial charge is 0.449 e. The molecule has 1 aromatic heterocycles. The Morgan fingerprint density at radius 2 is 1.88 bits per heavy atom. The third-order valence-electron chi connectivity index (χ3n) is 3.50. The molecule has 1 aromatic carbocycles. The Morgan fingerprint density at radius 1 is 1.24 bits per heavy atom. The van der Waals surface area contributed by atoms with Crippen LogP contribution in [0.15, 0.2) is 30.3 Å². The fraction of sp³-hybridized carbons (Fsp3) is 0.389. The second-order valence-corrected chi connectivity index (χ2v) is 6.59. The molecule has 0 aliphatic heterocycles. The molecule has 0 saturated heterocycles. The maximum atomic E-state index is 12.4. The van der Waals surface area contributed by atoms with E-state index >= 15 is 0 Å². The summed E-state index contributed by atoms with van der Waals surface area (Å²) in [5.41, 5.74) is 1.31. The van der Waals surface area contributed by atoms with Crippen LogP contribution in [-0.2, 0) is 16.1 Å². The monoisotopic (exact) mass is 363 g/mol. The molecule has 2 aromatic rings. The lowest BCUT2D eigenvalue weighted by molar-refractivity contribution is -0.123. The minimum absolute atomic E-state index is 0.196. The molecular formula is C18H22ClN3O3. The van der Waals surface area contributed by atoms with Crippen molar-refractivity contribution >= 4 is 29.2 Å². The van der Waals surface area contributed by atoms with Crippen molar-refractivity contribution in [2.24, 2.45) is 5.92 Å². The number of carbonyl (C=O) groups excluding carboxylic acids is 2. The van der Waals surface area contributed by atoms with Crippen molar-refractivity contribution in [3.63, 3.8) is 0 Å². The van der Waals surface area contributed by atoms with Crippen LogP contribution in [-0.4, -0.2) is 27.8 Å². The summed E-state index contributed by atoms with van der Waals surface area (Å²) in [4.78, 5) is 24.6. The molecule has 25 heavy (non-hydrogen) atoms. The standard InChI is InChI=1S/C18H22ClN3O3/c1-11(2)10-22-16(19)15(12(3)21-22)18(24)25-13(4)17(23)20-14-8-6-5-7-9-14/h5-9,11,13H,10H2,1-4H3,(H,20,23)/t13-/m0/s1. The number of aryl methyl sites for hydroxylation is 1. The van der Waals surface area contributed by atoms with Crippen LogP contribution in [0.5, 0.6) is 0 Å². The van der Waals surface area contributed by atoms with Crippen LogP contribution >= 0.6 is 11.6 Å². The van der Waals surface area contributed by atoms with Crippen LogP contribution in [0.3, 0.4) is 0 Å². The second kappa shape index (κ2) is 8.16. The van der Waals surface area contributed by atoms with Crippen molar-refractivity contribution < 1.29 is 14.3 Å². The molecule has 1 N–H and O–H groups in total. The van der Waals surface area contributed by atoms with Gasteiger partial charge < -0.3 is 10.1 Å². The van der Waals surface area contributed by atoms with Gasteiger partial charge in [0.2, 0.25) is 0 Å². The number of hydrogen-bond donors (Lipinski definition) is 1. The summed E-state index contributed by atoms with van der Waals surface area (Å²) in [6, 6.07) is 8.96. The van der Waals surface area contributed by atoms with E-state index in [4.69, 9.17) is 16.3 Å². The van der Waals surface area contributed by atoms with Crippen LogP contribution in [0.1, 0.15) is 36.8 Å². The summed E-state index contributed by atoms with van der Waals surface area (Å²) in [6.07, 6.45) is -0.961. The van der Waals surface area contributed by atoms with Gasteiger partial charge in [-0.3, -0.25) is 9.48 Å². The SMILES string of the molecule is Cc1nn(CC(C)C)c(Cl)c1C(=O)O[C@@H](C)C(=O)Nc1ccccc1. The predicted molar refractivity (Wildman–Crippen MR) is 96.8 cm³/mol. The molecule has 7 heteroatoms. The zero-order chi connectivity index (χ0) is 18.6. The van der Waals surface area contributed by atoms with E-state index in [1.165, 1.54) is 6.92 Å². The highest BCUT2D eigenvalue weighted by molar-refractivity contribution is 6.32. The summed E-state index contributed by atoms with van der Waals surface area (Å²) >= 11 is 6.26. The molecule has 1 amide bonds. The van der Waals surface area contributed by atoms with Crippen LogP contribution in [0.25, 0.3) is 0 Å². The summed E-state index contributed by atoms with van der Waals surface area (Å²) < 4.78 is 6.84. The number of anilines is 1. The maximum absolute atomic E-state index is 12.4. The zero-order valence-electron chi connectivity index (χ0n) is 14.7. The van der Waals surface area contributed by atoms with Gasteiger partial charge in [0.15, 0.2) is 6.10 Å². The Bertz CT molecular complexity index is 756. The fourth-order valence-corrected chi connectivity index (χ4v) is 2.61. The third-order valence-corrected chi connectivity index (χ3v) is 3.89. The molecule has 0 fully saturated rings. The van der Waals surface area contributed by atoms with Gasteiger partial charge in [-0.05, 0) is 31.9 Å². The summed E-state index contributed by atoms with van der Waals surface area (Å²) in [6.45, 7) is 7.85. The molecule has 0 spiro atoms. The predicted octanol–water partition coefficient (Wildman–Crippen LogP) is 3.68.